The zero-order valence-corrected chi connectivity index (χ0v) is 16.7. The summed E-state index contributed by atoms with van der Waals surface area (Å²) in [5.41, 5.74) is 2.28. The molecule has 0 saturated heterocycles. The van der Waals surface area contributed by atoms with Crippen LogP contribution in [-0.2, 0) is 11.3 Å². The van der Waals surface area contributed by atoms with E-state index in [9.17, 15) is 4.79 Å². The molecule has 3 rings (SSSR count). The maximum absolute atomic E-state index is 12.2. The number of thioether (sulfide) groups is 1. The highest BCUT2D eigenvalue weighted by molar-refractivity contribution is 7.99. The van der Waals surface area contributed by atoms with Gasteiger partial charge in [-0.25, -0.2) is 0 Å². The Kier molecular flexibility index (Phi) is 6.87. The fourth-order valence-corrected chi connectivity index (χ4v) is 4.22. The van der Waals surface area contributed by atoms with Gasteiger partial charge in [-0.1, -0.05) is 18.2 Å². The van der Waals surface area contributed by atoms with Gasteiger partial charge in [0.1, 0.15) is 0 Å². The number of rotatable bonds is 8. The fraction of sp³-hybridized carbons (Fsp3) is 0.381. The average molecular weight is 387 g/mol. The van der Waals surface area contributed by atoms with Crippen LogP contribution in [0.3, 0.4) is 0 Å². The lowest BCUT2D eigenvalue weighted by Gasteiger charge is -2.30. The highest BCUT2D eigenvalue weighted by atomic mass is 32.2. The van der Waals surface area contributed by atoms with Crippen LogP contribution in [0.25, 0.3) is 0 Å². The predicted molar refractivity (Wildman–Crippen MR) is 110 cm³/mol. The van der Waals surface area contributed by atoms with Crippen molar-refractivity contribution in [2.45, 2.75) is 24.3 Å². The molecule has 1 heterocycles. The Hall–Kier alpha value is -2.34. The van der Waals surface area contributed by atoms with Crippen LogP contribution < -0.4 is 19.7 Å². The van der Waals surface area contributed by atoms with E-state index in [2.05, 4.69) is 34.5 Å². The number of para-hydroxylation sites is 1. The Balaban J connectivity index is 1.44. The standard InChI is InChI=1S/C21H26N2O3S/c1-25-18-10-9-16(14-19(18)26-2)15-22-21(24)8-5-11-23-12-13-27-20-7-4-3-6-17(20)23/h3-4,6-7,9-10,14H,5,8,11-13,15H2,1-2H3,(H,22,24). The van der Waals surface area contributed by atoms with Crippen LogP contribution in [-0.4, -0.2) is 39.0 Å². The van der Waals surface area contributed by atoms with Crippen molar-refractivity contribution >= 4 is 23.4 Å². The second-order valence-electron chi connectivity index (χ2n) is 6.37. The Bertz CT molecular complexity index is 782. The minimum Gasteiger partial charge on any atom is -0.493 e. The summed E-state index contributed by atoms with van der Waals surface area (Å²) in [5.74, 6) is 2.53. The van der Waals surface area contributed by atoms with Crippen molar-refractivity contribution in [3.63, 3.8) is 0 Å². The van der Waals surface area contributed by atoms with Crippen LogP contribution in [0.15, 0.2) is 47.4 Å². The number of hydrogen-bond acceptors (Lipinski definition) is 5. The van der Waals surface area contributed by atoms with Crippen molar-refractivity contribution in [3.8, 4) is 11.5 Å². The van der Waals surface area contributed by atoms with Crippen LogP contribution in [0.5, 0.6) is 11.5 Å². The summed E-state index contributed by atoms with van der Waals surface area (Å²) in [6.07, 6.45) is 1.37. The van der Waals surface area contributed by atoms with Crippen LogP contribution in [0.2, 0.25) is 0 Å². The molecule has 6 heteroatoms. The Morgan fingerprint density at radius 2 is 1.96 bits per heavy atom. The van der Waals surface area contributed by atoms with E-state index < -0.39 is 0 Å². The van der Waals surface area contributed by atoms with Crippen LogP contribution in [0.1, 0.15) is 18.4 Å². The van der Waals surface area contributed by atoms with Gasteiger partial charge >= 0.3 is 0 Å². The molecule has 1 aliphatic rings. The van der Waals surface area contributed by atoms with Crippen molar-refractivity contribution in [3.05, 3.63) is 48.0 Å². The van der Waals surface area contributed by atoms with E-state index in [1.54, 1.807) is 14.2 Å². The zero-order valence-electron chi connectivity index (χ0n) is 15.9. The van der Waals surface area contributed by atoms with Gasteiger partial charge in [0, 0.05) is 36.7 Å². The first-order chi connectivity index (χ1) is 13.2. The number of carbonyl (C=O) groups is 1. The monoisotopic (exact) mass is 386 g/mol. The summed E-state index contributed by atoms with van der Waals surface area (Å²) >= 11 is 1.90. The van der Waals surface area contributed by atoms with E-state index in [0.29, 0.717) is 24.5 Å². The summed E-state index contributed by atoms with van der Waals surface area (Å²) in [6.45, 7) is 2.43. The van der Waals surface area contributed by atoms with Crippen molar-refractivity contribution in [1.82, 2.24) is 5.32 Å². The van der Waals surface area contributed by atoms with Gasteiger partial charge in [-0.2, -0.15) is 0 Å². The first kappa shape index (κ1) is 19.4. The summed E-state index contributed by atoms with van der Waals surface area (Å²) < 4.78 is 10.5. The van der Waals surface area contributed by atoms with Crippen molar-refractivity contribution in [1.29, 1.82) is 0 Å². The van der Waals surface area contributed by atoms with Gasteiger partial charge in [-0.3, -0.25) is 4.79 Å². The van der Waals surface area contributed by atoms with Crippen LogP contribution in [0, 0.1) is 0 Å². The number of nitrogens with zero attached hydrogens (tertiary/aromatic N) is 1. The van der Waals surface area contributed by atoms with Crippen LogP contribution >= 0.6 is 11.8 Å². The second kappa shape index (κ2) is 9.55. The molecule has 2 aromatic rings. The molecular formula is C21H26N2O3S. The molecule has 0 unspecified atom stereocenters. The minimum atomic E-state index is 0.0736. The maximum atomic E-state index is 12.2. The second-order valence-corrected chi connectivity index (χ2v) is 7.51. The van der Waals surface area contributed by atoms with Gasteiger partial charge in [-0.15, -0.1) is 11.8 Å². The quantitative estimate of drug-likeness (QED) is 0.749. The predicted octanol–water partition coefficient (Wildman–Crippen LogP) is 3.71. The van der Waals surface area contributed by atoms with E-state index >= 15 is 0 Å². The van der Waals surface area contributed by atoms with E-state index in [-0.39, 0.29) is 5.91 Å². The summed E-state index contributed by atoms with van der Waals surface area (Å²) in [6, 6.07) is 14.2. The maximum Gasteiger partial charge on any atom is 0.220 e. The molecule has 1 aliphatic heterocycles. The molecule has 144 valence electrons. The van der Waals surface area contributed by atoms with Gasteiger partial charge < -0.3 is 19.7 Å². The van der Waals surface area contributed by atoms with Gasteiger partial charge in [0.25, 0.3) is 0 Å². The molecule has 1 amide bonds. The van der Waals surface area contributed by atoms with Gasteiger partial charge in [0.2, 0.25) is 5.91 Å². The lowest BCUT2D eigenvalue weighted by molar-refractivity contribution is -0.121. The molecule has 5 nitrogen and oxygen atoms in total. The molecule has 0 aromatic heterocycles. The number of ether oxygens (including phenoxy) is 2. The smallest absolute Gasteiger partial charge is 0.220 e. The molecular weight excluding hydrogens is 360 g/mol. The normalized spacial score (nSPS) is 13.0. The molecule has 0 aliphatic carbocycles. The number of carbonyl (C=O) groups excluding carboxylic acids is 1. The van der Waals surface area contributed by atoms with Crippen molar-refractivity contribution in [2.24, 2.45) is 0 Å². The third kappa shape index (κ3) is 5.10. The average Bonchev–Trinajstić information content (AvgIpc) is 2.72. The van der Waals surface area contributed by atoms with Crippen molar-refractivity contribution in [2.75, 3.05) is 38.0 Å². The topological polar surface area (TPSA) is 50.8 Å². The summed E-state index contributed by atoms with van der Waals surface area (Å²) in [4.78, 5) is 15.9. The van der Waals surface area contributed by atoms with E-state index in [1.807, 2.05) is 30.0 Å². The SMILES string of the molecule is COc1ccc(CNC(=O)CCCN2CCSc3ccccc32)cc1OC. The molecule has 0 fully saturated rings. The minimum absolute atomic E-state index is 0.0736. The molecule has 0 atom stereocenters. The van der Waals surface area contributed by atoms with Gasteiger partial charge in [-0.05, 0) is 36.2 Å². The number of nitrogens with one attached hydrogen (secondary N) is 1. The molecule has 0 saturated carbocycles. The number of benzene rings is 2. The van der Waals surface area contributed by atoms with Gasteiger partial charge in [0.15, 0.2) is 11.5 Å². The molecule has 1 N–H and O–H groups in total. The Labute approximate surface area is 165 Å². The van der Waals surface area contributed by atoms with E-state index in [1.165, 1.54) is 10.6 Å². The Morgan fingerprint density at radius 1 is 1.15 bits per heavy atom. The number of methoxy groups -OCH3 is 2. The number of hydrogen-bond donors (Lipinski definition) is 1. The highest BCUT2D eigenvalue weighted by Crippen LogP contribution is 2.34. The lowest BCUT2D eigenvalue weighted by atomic mass is 10.2. The first-order valence-electron chi connectivity index (χ1n) is 9.15. The van der Waals surface area contributed by atoms with E-state index in [4.69, 9.17) is 9.47 Å². The molecule has 2 aromatic carbocycles. The molecule has 0 bridgehead atoms. The number of anilines is 1. The third-order valence-electron chi connectivity index (χ3n) is 4.59. The Morgan fingerprint density at radius 3 is 2.78 bits per heavy atom. The highest BCUT2D eigenvalue weighted by Gasteiger charge is 2.16. The van der Waals surface area contributed by atoms with E-state index in [0.717, 1.165) is 30.8 Å². The van der Waals surface area contributed by atoms with Crippen LogP contribution in [0.4, 0.5) is 5.69 Å². The first-order valence-corrected chi connectivity index (χ1v) is 10.1. The number of amides is 1. The lowest BCUT2D eigenvalue weighted by Crippen LogP contribution is -2.31. The molecule has 27 heavy (non-hydrogen) atoms. The summed E-state index contributed by atoms with van der Waals surface area (Å²) in [7, 11) is 3.22. The third-order valence-corrected chi connectivity index (χ3v) is 5.64. The fourth-order valence-electron chi connectivity index (χ4n) is 3.17. The number of fused-ring (bicyclic) bond motifs is 1. The summed E-state index contributed by atoms with van der Waals surface area (Å²) in [5, 5.41) is 2.99. The largest absolute Gasteiger partial charge is 0.493 e. The van der Waals surface area contributed by atoms with Gasteiger partial charge in [0.05, 0.1) is 19.9 Å². The molecule has 0 spiro atoms. The zero-order chi connectivity index (χ0) is 19.1. The van der Waals surface area contributed by atoms with Crippen molar-refractivity contribution < 1.29 is 14.3 Å². The molecule has 0 radical (unpaired) electrons.